The lowest BCUT2D eigenvalue weighted by Crippen LogP contribution is -2.17. The quantitative estimate of drug-likeness (QED) is 0.647. The van der Waals surface area contributed by atoms with Crippen molar-refractivity contribution in [2.75, 3.05) is 6.61 Å². The Kier molecular flexibility index (Phi) is 3.32. The zero-order valence-electron chi connectivity index (χ0n) is 9.59. The first-order chi connectivity index (χ1) is 8.56. The van der Waals surface area contributed by atoms with Crippen LogP contribution in [-0.4, -0.2) is 29.8 Å². The predicted octanol–water partition coefficient (Wildman–Crippen LogP) is 1.64. The number of benzene rings is 1. The van der Waals surface area contributed by atoms with Gasteiger partial charge in [0.25, 0.3) is 0 Å². The van der Waals surface area contributed by atoms with Crippen molar-refractivity contribution in [3.05, 3.63) is 42.0 Å². The second kappa shape index (κ2) is 4.91. The van der Waals surface area contributed by atoms with E-state index in [2.05, 4.69) is 6.58 Å². The molecule has 1 aromatic rings. The summed E-state index contributed by atoms with van der Waals surface area (Å²) in [6.45, 7) is 3.81. The van der Waals surface area contributed by atoms with Crippen molar-refractivity contribution in [1.82, 2.24) is 0 Å². The number of hydrogen-bond acceptors (Lipinski definition) is 4. The normalized spacial score (nSPS) is 18.6. The minimum Gasteiger partial charge on any atom is -0.490 e. The Balaban J connectivity index is 1.89. The Bertz CT molecular complexity index is 473. The average molecular weight is 248 g/mol. The van der Waals surface area contributed by atoms with E-state index in [1.54, 1.807) is 12.1 Å². The molecular weight excluding hydrogens is 236 g/mol. The minimum atomic E-state index is -0.984. The van der Waals surface area contributed by atoms with Crippen LogP contribution >= 0.6 is 0 Å². The van der Waals surface area contributed by atoms with Gasteiger partial charge in [-0.1, -0.05) is 6.58 Å². The first-order valence-corrected chi connectivity index (χ1v) is 5.41. The lowest BCUT2D eigenvalue weighted by atomic mass is 10.2. The topological polar surface area (TPSA) is 72.8 Å². The van der Waals surface area contributed by atoms with Crippen LogP contribution in [0.2, 0.25) is 0 Å². The molecule has 1 saturated heterocycles. The second-order valence-electron chi connectivity index (χ2n) is 3.98. The van der Waals surface area contributed by atoms with Crippen LogP contribution in [0.5, 0.6) is 5.75 Å². The third kappa shape index (κ3) is 2.68. The summed E-state index contributed by atoms with van der Waals surface area (Å²) in [5, 5.41) is 8.73. The molecule has 0 radical (unpaired) electrons. The standard InChI is InChI=1S/C13H12O5/c1-8-6-11(18-13(8)16)7-17-10-4-2-9(3-5-10)12(14)15/h2-5,11H,1,6-7H2,(H,14,15). The zero-order chi connectivity index (χ0) is 13.1. The first-order valence-electron chi connectivity index (χ1n) is 5.41. The highest BCUT2D eigenvalue weighted by Crippen LogP contribution is 2.20. The summed E-state index contributed by atoms with van der Waals surface area (Å²) in [6.07, 6.45) is 0.149. The van der Waals surface area contributed by atoms with E-state index < -0.39 is 5.97 Å². The molecule has 5 heteroatoms. The van der Waals surface area contributed by atoms with Crippen LogP contribution in [0.4, 0.5) is 0 Å². The molecule has 0 bridgehead atoms. The summed E-state index contributed by atoms with van der Waals surface area (Å²) >= 11 is 0. The fourth-order valence-corrected chi connectivity index (χ4v) is 1.61. The van der Waals surface area contributed by atoms with Crippen molar-refractivity contribution in [3.63, 3.8) is 0 Å². The minimum absolute atomic E-state index is 0.197. The van der Waals surface area contributed by atoms with Crippen LogP contribution in [0.1, 0.15) is 16.8 Å². The number of aromatic carboxylic acids is 1. The van der Waals surface area contributed by atoms with Crippen LogP contribution in [0.25, 0.3) is 0 Å². The van der Waals surface area contributed by atoms with Gasteiger partial charge in [0.2, 0.25) is 0 Å². The smallest absolute Gasteiger partial charge is 0.335 e. The van der Waals surface area contributed by atoms with Crippen molar-refractivity contribution in [3.8, 4) is 5.75 Å². The average Bonchev–Trinajstić information content (AvgIpc) is 2.67. The molecule has 2 rings (SSSR count). The fraction of sp³-hybridized carbons (Fsp3) is 0.231. The maximum absolute atomic E-state index is 11.1. The molecule has 1 aliphatic rings. The Morgan fingerprint density at radius 3 is 2.61 bits per heavy atom. The van der Waals surface area contributed by atoms with E-state index in [1.165, 1.54) is 12.1 Å². The third-order valence-corrected chi connectivity index (χ3v) is 2.57. The SMILES string of the molecule is C=C1CC(COc2ccc(C(=O)O)cc2)OC1=O. The molecule has 1 heterocycles. The molecule has 18 heavy (non-hydrogen) atoms. The Labute approximate surface area is 104 Å². The van der Waals surface area contributed by atoms with Gasteiger partial charge in [-0.3, -0.25) is 0 Å². The number of esters is 1. The summed E-state index contributed by atoms with van der Waals surface area (Å²) in [5.41, 5.74) is 0.646. The molecule has 0 spiro atoms. The summed E-state index contributed by atoms with van der Waals surface area (Å²) in [5.74, 6) is -0.832. The van der Waals surface area contributed by atoms with E-state index in [-0.39, 0.29) is 24.2 Å². The molecule has 5 nitrogen and oxygen atoms in total. The zero-order valence-corrected chi connectivity index (χ0v) is 9.59. The molecule has 1 aromatic carbocycles. The summed E-state index contributed by atoms with van der Waals surface area (Å²) in [4.78, 5) is 21.7. The number of hydrogen-bond donors (Lipinski definition) is 1. The highest BCUT2D eigenvalue weighted by atomic mass is 16.6. The summed E-state index contributed by atoms with van der Waals surface area (Å²) < 4.78 is 10.4. The van der Waals surface area contributed by atoms with E-state index in [0.717, 1.165) is 0 Å². The van der Waals surface area contributed by atoms with Crippen LogP contribution < -0.4 is 4.74 Å². The van der Waals surface area contributed by atoms with Gasteiger partial charge in [0.15, 0.2) is 0 Å². The van der Waals surface area contributed by atoms with Gasteiger partial charge in [0.1, 0.15) is 18.5 Å². The predicted molar refractivity (Wildman–Crippen MR) is 62.5 cm³/mol. The molecular formula is C13H12O5. The molecule has 0 aliphatic carbocycles. The van der Waals surface area contributed by atoms with Gasteiger partial charge in [-0.05, 0) is 24.3 Å². The van der Waals surface area contributed by atoms with E-state index in [0.29, 0.717) is 17.7 Å². The molecule has 1 N–H and O–H groups in total. The van der Waals surface area contributed by atoms with Crippen molar-refractivity contribution in [2.24, 2.45) is 0 Å². The van der Waals surface area contributed by atoms with Crippen LogP contribution in [0.3, 0.4) is 0 Å². The van der Waals surface area contributed by atoms with E-state index in [4.69, 9.17) is 14.6 Å². The molecule has 94 valence electrons. The van der Waals surface area contributed by atoms with Crippen LogP contribution in [-0.2, 0) is 9.53 Å². The molecule has 1 unspecified atom stereocenters. The monoisotopic (exact) mass is 248 g/mol. The Hall–Kier alpha value is -2.30. The largest absolute Gasteiger partial charge is 0.490 e. The Morgan fingerprint density at radius 2 is 2.11 bits per heavy atom. The van der Waals surface area contributed by atoms with Crippen LogP contribution in [0, 0.1) is 0 Å². The lowest BCUT2D eigenvalue weighted by molar-refractivity contribution is -0.139. The van der Waals surface area contributed by atoms with Gasteiger partial charge in [0.05, 0.1) is 5.56 Å². The number of carbonyl (C=O) groups is 2. The van der Waals surface area contributed by atoms with E-state index >= 15 is 0 Å². The van der Waals surface area contributed by atoms with Gasteiger partial charge >= 0.3 is 11.9 Å². The van der Waals surface area contributed by atoms with E-state index in [9.17, 15) is 9.59 Å². The van der Waals surface area contributed by atoms with Gasteiger partial charge in [-0.15, -0.1) is 0 Å². The van der Waals surface area contributed by atoms with Crippen molar-refractivity contribution in [2.45, 2.75) is 12.5 Å². The van der Waals surface area contributed by atoms with Gasteiger partial charge in [-0.25, -0.2) is 9.59 Å². The summed E-state index contributed by atoms with van der Waals surface area (Å²) in [7, 11) is 0. The lowest BCUT2D eigenvalue weighted by Gasteiger charge is -2.10. The van der Waals surface area contributed by atoms with Gasteiger partial charge < -0.3 is 14.6 Å². The molecule has 1 fully saturated rings. The molecule has 1 aliphatic heterocycles. The fourth-order valence-electron chi connectivity index (χ4n) is 1.61. The molecule has 0 saturated carbocycles. The number of carboxylic acid groups (broad SMARTS) is 1. The Morgan fingerprint density at radius 1 is 1.44 bits per heavy atom. The highest BCUT2D eigenvalue weighted by molar-refractivity contribution is 5.90. The van der Waals surface area contributed by atoms with Crippen molar-refractivity contribution >= 4 is 11.9 Å². The van der Waals surface area contributed by atoms with Crippen LogP contribution in [0.15, 0.2) is 36.4 Å². The van der Waals surface area contributed by atoms with Crippen molar-refractivity contribution in [1.29, 1.82) is 0 Å². The number of ether oxygens (including phenoxy) is 2. The third-order valence-electron chi connectivity index (χ3n) is 2.57. The van der Waals surface area contributed by atoms with Gasteiger partial charge in [-0.2, -0.15) is 0 Å². The number of cyclic esters (lactones) is 1. The molecule has 1 atom stereocenters. The van der Waals surface area contributed by atoms with Gasteiger partial charge in [0, 0.05) is 12.0 Å². The maximum atomic E-state index is 11.1. The molecule has 0 amide bonds. The first kappa shape index (κ1) is 12.2. The second-order valence-corrected chi connectivity index (χ2v) is 3.98. The number of rotatable bonds is 4. The van der Waals surface area contributed by atoms with Crippen molar-refractivity contribution < 1.29 is 24.2 Å². The number of carbonyl (C=O) groups excluding carboxylic acids is 1. The molecule has 0 aromatic heterocycles. The summed E-state index contributed by atoms with van der Waals surface area (Å²) in [6, 6.07) is 6.04. The van der Waals surface area contributed by atoms with E-state index in [1.807, 2.05) is 0 Å². The number of carboxylic acids is 1. The maximum Gasteiger partial charge on any atom is 0.335 e. The highest BCUT2D eigenvalue weighted by Gasteiger charge is 2.27.